The molecule has 0 atom stereocenters. The Morgan fingerprint density at radius 1 is 1.42 bits per heavy atom. The summed E-state index contributed by atoms with van der Waals surface area (Å²) in [6, 6.07) is 5.22. The molecule has 2 aromatic rings. The lowest BCUT2D eigenvalue weighted by atomic mass is 10.3. The molecule has 0 unspecified atom stereocenters. The van der Waals surface area contributed by atoms with Gasteiger partial charge in [-0.3, -0.25) is 4.79 Å². The van der Waals surface area contributed by atoms with E-state index in [9.17, 15) is 4.79 Å². The Labute approximate surface area is 111 Å². The molecule has 19 heavy (non-hydrogen) atoms. The van der Waals surface area contributed by atoms with Crippen LogP contribution in [0.15, 0.2) is 28.9 Å². The number of carbonyl (C=O) groups is 1. The zero-order chi connectivity index (χ0) is 13.7. The maximum absolute atomic E-state index is 11.7. The highest BCUT2D eigenvalue weighted by Gasteiger charge is 2.06. The van der Waals surface area contributed by atoms with Crippen LogP contribution >= 0.6 is 0 Å². The first kappa shape index (κ1) is 13.1. The van der Waals surface area contributed by atoms with Crippen molar-refractivity contribution in [2.75, 3.05) is 11.9 Å². The number of hydrogen-bond acceptors (Lipinski definition) is 5. The Morgan fingerprint density at radius 3 is 2.84 bits per heavy atom. The van der Waals surface area contributed by atoms with Crippen molar-refractivity contribution in [2.45, 2.75) is 20.3 Å². The van der Waals surface area contributed by atoms with Crippen LogP contribution in [0.4, 0.5) is 11.5 Å². The summed E-state index contributed by atoms with van der Waals surface area (Å²) in [5, 5.41) is 9.62. The zero-order valence-electron chi connectivity index (χ0n) is 10.9. The molecule has 6 heteroatoms. The molecule has 1 amide bonds. The molecule has 0 fully saturated rings. The fourth-order valence-electron chi connectivity index (χ4n) is 1.50. The number of anilines is 2. The molecule has 2 N–H and O–H groups in total. The fourth-order valence-corrected chi connectivity index (χ4v) is 1.50. The van der Waals surface area contributed by atoms with E-state index in [4.69, 9.17) is 4.52 Å². The predicted octanol–water partition coefficient (Wildman–Crippen LogP) is 2.26. The number of amides is 1. The molecule has 0 saturated heterocycles. The highest BCUT2D eigenvalue weighted by Crippen LogP contribution is 2.15. The standard InChI is InChI=1S/C13H16N4O2/c1-3-6-14-13(18)11-5-4-10(8-15-11)16-12-7-9(2)19-17-12/h4-5,7-8H,3,6H2,1-2H3,(H,14,18)(H,16,17). The van der Waals surface area contributed by atoms with Crippen molar-refractivity contribution in [1.82, 2.24) is 15.5 Å². The van der Waals surface area contributed by atoms with Crippen LogP contribution in [0, 0.1) is 6.92 Å². The maximum atomic E-state index is 11.7. The SMILES string of the molecule is CCCNC(=O)c1ccc(Nc2cc(C)on2)cn1. The summed E-state index contributed by atoms with van der Waals surface area (Å²) >= 11 is 0. The minimum absolute atomic E-state index is 0.161. The Hall–Kier alpha value is -2.37. The van der Waals surface area contributed by atoms with Gasteiger partial charge in [0.05, 0.1) is 11.9 Å². The van der Waals surface area contributed by atoms with Gasteiger partial charge in [0.25, 0.3) is 5.91 Å². The van der Waals surface area contributed by atoms with Crippen LogP contribution < -0.4 is 10.6 Å². The summed E-state index contributed by atoms with van der Waals surface area (Å²) in [6.45, 7) is 4.47. The van der Waals surface area contributed by atoms with E-state index in [1.807, 2.05) is 13.8 Å². The first-order valence-electron chi connectivity index (χ1n) is 6.13. The van der Waals surface area contributed by atoms with Crippen LogP contribution in [0.2, 0.25) is 0 Å². The van der Waals surface area contributed by atoms with Crippen LogP contribution in [-0.2, 0) is 0 Å². The average Bonchev–Trinajstić information content (AvgIpc) is 2.82. The molecule has 100 valence electrons. The number of aryl methyl sites for hydroxylation is 1. The Morgan fingerprint density at radius 2 is 2.26 bits per heavy atom. The second-order valence-electron chi connectivity index (χ2n) is 4.14. The van der Waals surface area contributed by atoms with Crippen LogP contribution in [0.1, 0.15) is 29.6 Å². The first-order valence-corrected chi connectivity index (χ1v) is 6.13. The summed E-state index contributed by atoms with van der Waals surface area (Å²) in [5.74, 6) is 1.18. The molecule has 0 aliphatic rings. The number of pyridine rings is 1. The van der Waals surface area contributed by atoms with E-state index in [1.165, 1.54) is 0 Å². The highest BCUT2D eigenvalue weighted by molar-refractivity contribution is 5.92. The summed E-state index contributed by atoms with van der Waals surface area (Å²) in [5.41, 5.74) is 1.15. The van der Waals surface area contributed by atoms with Gasteiger partial charge < -0.3 is 15.2 Å². The van der Waals surface area contributed by atoms with E-state index in [0.717, 1.165) is 17.9 Å². The van der Waals surface area contributed by atoms with Crippen molar-refractivity contribution in [2.24, 2.45) is 0 Å². The lowest BCUT2D eigenvalue weighted by Crippen LogP contribution is -2.24. The Kier molecular flexibility index (Phi) is 4.12. The third-order valence-corrected chi connectivity index (χ3v) is 2.43. The molecule has 0 aliphatic heterocycles. The number of hydrogen-bond donors (Lipinski definition) is 2. The lowest BCUT2D eigenvalue weighted by molar-refractivity contribution is 0.0949. The molecule has 0 bridgehead atoms. The molecular weight excluding hydrogens is 244 g/mol. The van der Waals surface area contributed by atoms with Gasteiger partial charge in [0, 0.05) is 12.6 Å². The normalized spacial score (nSPS) is 10.2. The molecule has 0 radical (unpaired) electrons. The van der Waals surface area contributed by atoms with Gasteiger partial charge >= 0.3 is 0 Å². The predicted molar refractivity (Wildman–Crippen MR) is 71.4 cm³/mol. The van der Waals surface area contributed by atoms with Crippen molar-refractivity contribution in [3.63, 3.8) is 0 Å². The average molecular weight is 260 g/mol. The number of carbonyl (C=O) groups excluding carboxylic acids is 1. The summed E-state index contributed by atoms with van der Waals surface area (Å²) < 4.78 is 4.95. The van der Waals surface area contributed by atoms with Gasteiger partial charge in [-0.2, -0.15) is 0 Å². The minimum atomic E-state index is -0.161. The molecule has 0 aliphatic carbocycles. The summed E-state index contributed by atoms with van der Waals surface area (Å²) in [6.07, 6.45) is 2.49. The largest absolute Gasteiger partial charge is 0.360 e. The van der Waals surface area contributed by atoms with Gasteiger partial charge in [-0.1, -0.05) is 12.1 Å². The van der Waals surface area contributed by atoms with Gasteiger partial charge in [-0.25, -0.2) is 4.98 Å². The second kappa shape index (κ2) is 5.99. The maximum Gasteiger partial charge on any atom is 0.269 e. The van der Waals surface area contributed by atoms with Crippen molar-refractivity contribution in [1.29, 1.82) is 0 Å². The van der Waals surface area contributed by atoms with Crippen LogP contribution in [-0.4, -0.2) is 22.6 Å². The second-order valence-corrected chi connectivity index (χ2v) is 4.14. The van der Waals surface area contributed by atoms with E-state index in [2.05, 4.69) is 20.8 Å². The van der Waals surface area contributed by atoms with Gasteiger partial charge in [-0.15, -0.1) is 0 Å². The zero-order valence-corrected chi connectivity index (χ0v) is 10.9. The molecule has 0 spiro atoms. The first-order chi connectivity index (χ1) is 9.19. The minimum Gasteiger partial charge on any atom is -0.360 e. The van der Waals surface area contributed by atoms with Gasteiger partial charge in [-0.05, 0) is 25.5 Å². The van der Waals surface area contributed by atoms with E-state index in [-0.39, 0.29) is 5.91 Å². The molecule has 2 aromatic heterocycles. The Balaban J connectivity index is 2.00. The quantitative estimate of drug-likeness (QED) is 0.862. The van der Waals surface area contributed by atoms with Crippen LogP contribution in [0.3, 0.4) is 0 Å². The lowest BCUT2D eigenvalue weighted by Gasteiger charge is -2.04. The molecule has 0 saturated carbocycles. The molecule has 0 aromatic carbocycles. The Bertz CT molecular complexity index is 548. The molecular formula is C13H16N4O2. The van der Waals surface area contributed by atoms with Crippen molar-refractivity contribution in [3.05, 3.63) is 35.9 Å². The van der Waals surface area contributed by atoms with E-state index >= 15 is 0 Å². The monoisotopic (exact) mass is 260 g/mol. The smallest absolute Gasteiger partial charge is 0.269 e. The summed E-state index contributed by atoms with van der Waals surface area (Å²) in [7, 11) is 0. The summed E-state index contributed by atoms with van der Waals surface area (Å²) in [4.78, 5) is 15.8. The number of nitrogens with zero attached hydrogens (tertiary/aromatic N) is 2. The van der Waals surface area contributed by atoms with Crippen molar-refractivity contribution < 1.29 is 9.32 Å². The fraction of sp³-hybridized carbons (Fsp3) is 0.308. The van der Waals surface area contributed by atoms with E-state index in [1.54, 1.807) is 24.4 Å². The topological polar surface area (TPSA) is 80.0 Å². The van der Waals surface area contributed by atoms with Gasteiger partial charge in [0.15, 0.2) is 5.82 Å². The third kappa shape index (κ3) is 3.54. The van der Waals surface area contributed by atoms with Gasteiger partial charge in [0.2, 0.25) is 0 Å². The molecule has 2 heterocycles. The van der Waals surface area contributed by atoms with Crippen molar-refractivity contribution >= 4 is 17.4 Å². The van der Waals surface area contributed by atoms with Crippen LogP contribution in [0.25, 0.3) is 0 Å². The number of nitrogens with one attached hydrogen (secondary N) is 2. The highest BCUT2D eigenvalue weighted by atomic mass is 16.5. The van der Waals surface area contributed by atoms with Crippen molar-refractivity contribution in [3.8, 4) is 0 Å². The van der Waals surface area contributed by atoms with E-state index < -0.39 is 0 Å². The van der Waals surface area contributed by atoms with E-state index in [0.29, 0.717) is 18.1 Å². The third-order valence-electron chi connectivity index (χ3n) is 2.43. The molecule has 6 nitrogen and oxygen atoms in total. The van der Waals surface area contributed by atoms with Gasteiger partial charge in [0.1, 0.15) is 11.5 Å². The number of aromatic nitrogens is 2. The van der Waals surface area contributed by atoms with Crippen LogP contribution in [0.5, 0.6) is 0 Å². The molecule has 2 rings (SSSR count). The number of rotatable bonds is 5.